The van der Waals surface area contributed by atoms with Crippen LogP contribution in [0, 0.1) is 5.92 Å². The van der Waals surface area contributed by atoms with Crippen LogP contribution >= 0.6 is 0 Å². The van der Waals surface area contributed by atoms with Gasteiger partial charge in [-0.05, 0) is 56.6 Å². The van der Waals surface area contributed by atoms with E-state index in [1.165, 1.54) is 62.9 Å². The third-order valence-corrected chi connectivity index (χ3v) is 4.24. The molecule has 2 heteroatoms. The molecule has 1 heterocycles. The number of allylic oxidation sites excluding steroid dienone is 4. The lowest BCUT2D eigenvalue weighted by molar-refractivity contribution is -0.117. The van der Waals surface area contributed by atoms with E-state index < -0.39 is 0 Å². The lowest BCUT2D eigenvalue weighted by Gasteiger charge is -2.34. The Morgan fingerprint density at radius 3 is 2.42 bits per heavy atom. The maximum atomic E-state index is 11.7. The minimum Gasteiger partial charge on any atom is -0.375 e. The van der Waals surface area contributed by atoms with Crippen molar-refractivity contribution >= 4 is 5.78 Å². The summed E-state index contributed by atoms with van der Waals surface area (Å²) in [7, 11) is 0. The normalized spacial score (nSPS) is 21.5. The van der Waals surface area contributed by atoms with Gasteiger partial charge in [-0.25, -0.2) is 0 Å². The number of carbonyl (C=O) groups excluding carboxylic acids is 1. The quantitative estimate of drug-likeness (QED) is 0.711. The van der Waals surface area contributed by atoms with Gasteiger partial charge in [0.15, 0.2) is 5.78 Å². The zero-order valence-corrected chi connectivity index (χ0v) is 12.5. The number of rotatable bonds is 4. The Hall–Kier alpha value is -1.05. The zero-order valence-electron chi connectivity index (χ0n) is 12.5. The van der Waals surface area contributed by atoms with Crippen molar-refractivity contribution in [3.05, 3.63) is 23.4 Å². The summed E-state index contributed by atoms with van der Waals surface area (Å²) >= 11 is 0. The van der Waals surface area contributed by atoms with E-state index in [9.17, 15) is 4.79 Å². The SMILES string of the molecule is CC(C)C(=O)/C=C\C1=C(N2CCCCC2)CCCC1. The highest BCUT2D eigenvalue weighted by Crippen LogP contribution is 2.30. The molecule has 1 aliphatic heterocycles. The fourth-order valence-corrected chi connectivity index (χ4v) is 2.99. The lowest BCUT2D eigenvalue weighted by atomic mass is 9.93. The first kappa shape index (κ1) is 14.4. The Balaban J connectivity index is 2.12. The van der Waals surface area contributed by atoms with Crippen LogP contribution in [0.3, 0.4) is 0 Å². The van der Waals surface area contributed by atoms with E-state index in [-0.39, 0.29) is 11.7 Å². The van der Waals surface area contributed by atoms with Crippen molar-refractivity contribution < 1.29 is 4.79 Å². The first-order valence-corrected chi connectivity index (χ1v) is 7.87. The molecule has 2 rings (SSSR count). The summed E-state index contributed by atoms with van der Waals surface area (Å²) in [6, 6.07) is 0. The highest BCUT2D eigenvalue weighted by Gasteiger charge is 2.19. The van der Waals surface area contributed by atoms with Crippen molar-refractivity contribution in [2.75, 3.05) is 13.1 Å². The average Bonchev–Trinajstić information content (AvgIpc) is 2.46. The second-order valence-corrected chi connectivity index (χ2v) is 6.12. The summed E-state index contributed by atoms with van der Waals surface area (Å²) < 4.78 is 0. The minimum atomic E-state index is 0.110. The van der Waals surface area contributed by atoms with E-state index in [0.717, 1.165) is 6.42 Å². The van der Waals surface area contributed by atoms with E-state index in [1.54, 1.807) is 6.08 Å². The van der Waals surface area contributed by atoms with Gasteiger partial charge in [-0.2, -0.15) is 0 Å². The van der Waals surface area contributed by atoms with Crippen molar-refractivity contribution in [3.8, 4) is 0 Å². The highest BCUT2D eigenvalue weighted by atomic mass is 16.1. The van der Waals surface area contributed by atoms with Crippen LogP contribution in [0.2, 0.25) is 0 Å². The minimum absolute atomic E-state index is 0.110. The van der Waals surface area contributed by atoms with Gasteiger partial charge < -0.3 is 4.90 Å². The maximum Gasteiger partial charge on any atom is 0.158 e. The van der Waals surface area contributed by atoms with Crippen LogP contribution in [-0.2, 0) is 4.79 Å². The van der Waals surface area contributed by atoms with Gasteiger partial charge in [0.25, 0.3) is 0 Å². The van der Waals surface area contributed by atoms with Crippen LogP contribution in [0.1, 0.15) is 58.8 Å². The first-order chi connectivity index (χ1) is 9.18. The fourth-order valence-electron chi connectivity index (χ4n) is 2.99. The topological polar surface area (TPSA) is 20.3 Å². The summed E-state index contributed by atoms with van der Waals surface area (Å²) in [6.07, 6.45) is 12.9. The van der Waals surface area contributed by atoms with Gasteiger partial charge >= 0.3 is 0 Å². The maximum absolute atomic E-state index is 11.7. The molecule has 19 heavy (non-hydrogen) atoms. The molecule has 1 fully saturated rings. The number of hydrogen-bond donors (Lipinski definition) is 0. The molecule has 106 valence electrons. The van der Waals surface area contributed by atoms with Gasteiger partial charge in [-0.15, -0.1) is 0 Å². The molecule has 0 amide bonds. The van der Waals surface area contributed by atoms with E-state index in [1.807, 2.05) is 13.8 Å². The predicted octanol–water partition coefficient (Wildman–Crippen LogP) is 4.08. The van der Waals surface area contributed by atoms with E-state index in [2.05, 4.69) is 11.0 Å². The Labute approximate surface area is 117 Å². The monoisotopic (exact) mass is 261 g/mol. The number of likely N-dealkylation sites (tertiary alicyclic amines) is 1. The molecule has 0 saturated carbocycles. The molecular formula is C17H27NO. The molecule has 0 spiro atoms. The van der Waals surface area contributed by atoms with Gasteiger partial charge in [0.1, 0.15) is 0 Å². The molecule has 0 radical (unpaired) electrons. The standard InChI is InChI=1S/C17H27NO/c1-14(2)17(19)11-10-15-8-4-5-9-16(15)18-12-6-3-7-13-18/h10-11,14H,3-9,12-13H2,1-2H3/b11-10-. The summed E-state index contributed by atoms with van der Waals surface area (Å²) in [5, 5.41) is 0. The molecule has 0 atom stereocenters. The molecule has 1 saturated heterocycles. The molecule has 0 unspecified atom stereocenters. The van der Waals surface area contributed by atoms with Crippen molar-refractivity contribution in [1.82, 2.24) is 4.90 Å². The zero-order chi connectivity index (χ0) is 13.7. The van der Waals surface area contributed by atoms with Crippen LogP contribution in [0.5, 0.6) is 0 Å². The van der Waals surface area contributed by atoms with Gasteiger partial charge in [-0.3, -0.25) is 4.79 Å². The number of carbonyl (C=O) groups is 1. The number of ketones is 1. The predicted molar refractivity (Wildman–Crippen MR) is 79.9 cm³/mol. The van der Waals surface area contributed by atoms with Crippen molar-refractivity contribution in [2.24, 2.45) is 5.92 Å². The molecule has 0 aromatic heterocycles. The van der Waals surface area contributed by atoms with Gasteiger partial charge in [0.2, 0.25) is 0 Å². The second kappa shape index (κ2) is 6.93. The second-order valence-electron chi connectivity index (χ2n) is 6.12. The molecule has 0 aromatic rings. The van der Waals surface area contributed by atoms with Crippen molar-refractivity contribution in [3.63, 3.8) is 0 Å². The average molecular weight is 261 g/mol. The summed E-state index contributed by atoms with van der Waals surface area (Å²) in [5.74, 6) is 0.356. The Morgan fingerprint density at radius 2 is 1.74 bits per heavy atom. The first-order valence-electron chi connectivity index (χ1n) is 7.87. The van der Waals surface area contributed by atoms with Gasteiger partial charge in [0, 0.05) is 24.7 Å². The number of hydrogen-bond acceptors (Lipinski definition) is 2. The molecule has 0 aromatic carbocycles. The van der Waals surface area contributed by atoms with Crippen LogP contribution in [0.15, 0.2) is 23.4 Å². The van der Waals surface area contributed by atoms with Crippen molar-refractivity contribution in [1.29, 1.82) is 0 Å². The van der Waals surface area contributed by atoms with Crippen LogP contribution in [0.25, 0.3) is 0 Å². The van der Waals surface area contributed by atoms with Gasteiger partial charge in [0.05, 0.1) is 0 Å². The molecular weight excluding hydrogens is 234 g/mol. The van der Waals surface area contributed by atoms with Gasteiger partial charge in [-0.1, -0.05) is 19.9 Å². The molecule has 2 nitrogen and oxygen atoms in total. The fraction of sp³-hybridized carbons (Fsp3) is 0.706. The van der Waals surface area contributed by atoms with E-state index in [4.69, 9.17) is 0 Å². The third kappa shape index (κ3) is 3.95. The highest BCUT2D eigenvalue weighted by molar-refractivity contribution is 5.91. The number of nitrogens with zero attached hydrogens (tertiary/aromatic N) is 1. The lowest BCUT2D eigenvalue weighted by Crippen LogP contribution is -2.30. The number of piperidine rings is 1. The molecule has 0 N–H and O–H groups in total. The van der Waals surface area contributed by atoms with Crippen LogP contribution in [0.4, 0.5) is 0 Å². The van der Waals surface area contributed by atoms with E-state index >= 15 is 0 Å². The largest absolute Gasteiger partial charge is 0.375 e. The van der Waals surface area contributed by atoms with Crippen LogP contribution in [-0.4, -0.2) is 23.8 Å². The van der Waals surface area contributed by atoms with Crippen LogP contribution < -0.4 is 0 Å². The molecule has 2 aliphatic rings. The Kier molecular flexibility index (Phi) is 5.24. The summed E-state index contributed by atoms with van der Waals surface area (Å²) in [5.41, 5.74) is 2.95. The van der Waals surface area contributed by atoms with Crippen molar-refractivity contribution in [2.45, 2.75) is 58.8 Å². The molecule has 0 bridgehead atoms. The Morgan fingerprint density at radius 1 is 1.05 bits per heavy atom. The smallest absolute Gasteiger partial charge is 0.158 e. The molecule has 1 aliphatic carbocycles. The van der Waals surface area contributed by atoms with E-state index in [0.29, 0.717) is 0 Å². The summed E-state index contributed by atoms with van der Waals surface area (Å²) in [6.45, 7) is 6.36. The third-order valence-electron chi connectivity index (χ3n) is 4.24. The summed E-state index contributed by atoms with van der Waals surface area (Å²) in [4.78, 5) is 14.3. The Bertz CT molecular complexity index is 373.